The number of rotatable bonds is 5. The molecule has 3 aromatic rings. The summed E-state index contributed by atoms with van der Waals surface area (Å²) in [6, 6.07) is 3.12. The number of hydrogen-bond donors (Lipinski definition) is 2. The van der Waals surface area contributed by atoms with Crippen molar-refractivity contribution in [3.63, 3.8) is 0 Å². The Labute approximate surface area is 162 Å². The van der Waals surface area contributed by atoms with Gasteiger partial charge in [0.1, 0.15) is 5.02 Å². The second kappa shape index (κ2) is 7.61. The van der Waals surface area contributed by atoms with Gasteiger partial charge < -0.3 is 10.6 Å². The van der Waals surface area contributed by atoms with Gasteiger partial charge in [-0.2, -0.15) is 23.3 Å². The lowest BCUT2D eigenvalue weighted by Gasteiger charge is -2.13. The lowest BCUT2D eigenvalue weighted by Crippen LogP contribution is -2.09. The predicted octanol–water partition coefficient (Wildman–Crippen LogP) is 4.89. The molecular formula is C16H13Cl2F3N6. The van der Waals surface area contributed by atoms with Gasteiger partial charge in [-0.1, -0.05) is 23.2 Å². The van der Waals surface area contributed by atoms with Crippen molar-refractivity contribution in [2.75, 3.05) is 10.6 Å². The SMILES string of the molecule is Cn1cc(Nc2ncc(Cl)c(NCc3cc(C(F)(F)F)ccc3Cl)n2)cn1. The van der Waals surface area contributed by atoms with Gasteiger partial charge in [0.2, 0.25) is 5.95 Å². The Kier molecular flexibility index (Phi) is 5.43. The Balaban J connectivity index is 1.77. The Morgan fingerprint density at radius 3 is 2.59 bits per heavy atom. The first-order valence-electron chi connectivity index (χ1n) is 7.60. The molecule has 0 aliphatic heterocycles. The van der Waals surface area contributed by atoms with E-state index in [1.165, 1.54) is 12.3 Å². The summed E-state index contributed by atoms with van der Waals surface area (Å²) in [7, 11) is 1.76. The van der Waals surface area contributed by atoms with E-state index in [4.69, 9.17) is 23.2 Å². The maximum atomic E-state index is 12.9. The largest absolute Gasteiger partial charge is 0.416 e. The van der Waals surface area contributed by atoms with Crippen LogP contribution >= 0.6 is 23.2 Å². The monoisotopic (exact) mass is 416 g/mol. The number of benzene rings is 1. The molecule has 1 aromatic carbocycles. The van der Waals surface area contributed by atoms with Crippen molar-refractivity contribution in [2.24, 2.45) is 7.05 Å². The molecule has 3 rings (SSSR count). The van der Waals surface area contributed by atoms with Crippen LogP contribution in [-0.4, -0.2) is 19.7 Å². The fourth-order valence-electron chi connectivity index (χ4n) is 2.23. The molecule has 0 atom stereocenters. The fourth-order valence-corrected chi connectivity index (χ4v) is 2.57. The number of aromatic nitrogens is 4. The zero-order chi connectivity index (χ0) is 19.6. The highest BCUT2D eigenvalue weighted by Crippen LogP contribution is 2.32. The molecule has 0 saturated carbocycles. The van der Waals surface area contributed by atoms with E-state index >= 15 is 0 Å². The minimum absolute atomic E-state index is 0.00577. The van der Waals surface area contributed by atoms with Crippen LogP contribution in [-0.2, 0) is 19.8 Å². The lowest BCUT2D eigenvalue weighted by molar-refractivity contribution is -0.137. The standard InChI is InChI=1S/C16H13Cl2F3N6/c1-27-8-11(6-24-27)25-15-23-7-13(18)14(26-15)22-5-9-4-10(16(19,20)21)2-3-12(9)17/h2-4,6-8H,5H2,1H3,(H2,22,23,25,26). The van der Waals surface area contributed by atoms with Crippen molar-refractivity contribution in [1.29, 1.82) is 0 Å². The van der Waals surface area contributed by atoms with Gasteiger partial charge in [0, 0.05) is 24.8 Å². The number of halogens is 5. The predicted molar refractivity (Wildman–Crippen MR) is 97.3 cm³/mol. The van der Waals surface area contributed by atoms with E-state index in [0.29, 0.717) is 5.69 Å². The third-order valence-electron chi connectivity index (χ3n) is 3.52. The van der Waals surface area contributed by atoms with Crippen LogP contribution in [0, 0.1) is 0 Å². The van der Waals surface area contributed by atoms with Gasteiger partial charge in [-0.3, -0.25) is 4.68 Å². The minimum Gasteiger partial charge on any atom is -0.365 e. The minimum atomic E-state index is -4.45. The second-order valence-corrected chi connectivity index (χ2v) is 6.39. The summed E-state index contributed by atoms with van der Waals surface area (Å²) in [5, 5.41) is 10.3. The number of aryl methyl sites for hydroxylation is 1. The molecule has 2 heterocycles. The van der Waals surface area contributed by atoms with Crippen molar-refractivity contribution in [3.05, 3.63) is 58.0 Å². The molecule has 0 aliphatic carbocycles. The van der Waals surface area contributed by atoms with Crippen LogP contribution in [0.1, 0.15) is 11.1 Å². The Morgan fingerprint density at radius 1 is 1.15 bits per heavy atom. The van der Waals surface area contributed by atoms with E-state index in [1.807, 2.05) is 0 Å². The molecule has 0 radical (unpaired) electrons. The molecule has 142 valence electrons. The van der Waals surface area contributed by atoms with Crippen LogP contribution in [0.4, 0.5) is 30.6 Å². The number of nitrogens with one attached hydrogen (secondary N) is 2. The summed E-state index contributed by atoms with van der Waals surface area (Å²) in [6.07, 6.45) is 0.247. The molecule has 0 unspecified atom stereocenters. The number of nitrogens with zero attached hydrogens (tertiary/aromatic N) is 4. The zero-order valence-electron chi connectivity index (χ0n) is 13.8. The van der Waals surface area contributed by atoms with E-state index in [2.05, 4.69) is 25.7 Å². The summed E-state index contributed by atoms with van der Waals surface area (Å²) in [4.78, 5) is 8.28. The summed E-state index contributed by atoms with van der Waals surface area (Å²) in [6.45, 7) is 0.00577. The van der Waals surface area contributed by atoms with E-state index in [1.54, 1.807) is 24.1 Å². The molecular weight excluding hydrogens is 404 g/mol. The summed E-state index contributed by atoms with van der Waals surface area (Å²) < 4.78 is 40.2. The van der Waals surface area contributed by atoms with E-state index in [9.17, 15) is 13.2 Å². The fraction of sp³-hybridized carbons (Fsp3) is 0.188. The quantitative estimate of drug-likeness (QED) is 0.619. The van der Waals surface area contributed by atoms with Crippen LogP contribution in [0.3, 0.4) is 0 Å². The first kappa shape index (κ1) is 19.2. The topological polar surface area (TPSA) is 67.7 Å². The molecule has 2 aromatic heterocycles. The Hall–Kier alpha value is -2.52. The molecule has 11 heteroatoms. The summed E-state index contributed by atoms with van der Waals surface area (Å²) >= 11 is 12.1. The molecule has 0 bridgehead atoms. The molecule has 0 saturated heterocycles. The van der Waals surface area contributed by atoms with Gasteiger partial charge in [-0.25, -0.2) is 4.98 Å². The lowest BCUT2D eigenvalue weighted by atomic mass is 10.1. The summed E-state index contributed by atoms with van der Waals surface area (Å²) in [5.41, 5.74) is 0.158. The van der Waals surface area contributed by atoms with Gasteiger partial charge in [-0.15, -0.1) is 0 Å². The highest BCUT2D eigenvalue weighted by Gasteiger charge is 2.30. The van der Waals surface area contributed by atoms with Gasteiger partial charge in [0.25, 0.3) is 0 Å². The molecule has 2 N–H and O–H groups in total. The van der Waals surface area contributed by atoms with Crippen molar-refractivity contribution >= 4 is 40.7 Å². The average Bonchev–Trinajstić information content (AvgIpc) is 3.00. The van der Waals surface area contributed by atoms with Crippen molar-refractivity contribution in [2.45, 2.75) is 12.7 Å². The van der Waals surface area contributed by atoms with E-state index < -0.39 is 11.7 Å². The van der Waals surface area contributed by atoms with Crippen molar-refractivity contribution in [1.82, 2.24) is 19.7 Å². The van der Waals surface area contributed by atoms with Gasteiger partial charge in [-0.05, 0) is 23.8 Å². The Morgan fingerprint density at radius 2 is 1.93 bits per heavy atom. The normalized spacial score (nSPS) is 11.5. The molecule has 6 nitrogen and oxygen atoms in total. The highest BCUT2D eigenvalue weighted by molar-refractivity contribution is 6.33. The summed E-state index contributed by atoms with van der Waals surface area (Å²) in [5.74, 6) is 0.511. The zero-order valence-corrected chi connectivity index (χ0v) is 15.4. The van der Waals surface area contributed by atoms with E-state index in [0.717, 1.165) is 12.1 Å². The van der Waals surface area contributed by atoms with Crippen LogP contribution < -0.4 is 10.6 Å². The molecule has 0 amide bonds. The smallest absolute Gasteiger partial charge is 0.365 e. The van der Waals surface area contributed by atoms with E-state index in [-0.39, 0.29) is 33.9 Å². The third kappa shape index (κ3) is 4.81. The van der Waals surface area contributed by atoms with Crippen molar-refractivity contribution < 1.29 is 13.2 Å². The third-order valence-corrected chi connectivity index (χ3v) is 4.17. The average molecular weight is 417 g/mol. The number of anilines is 3. The molecule has 0 fully saturated rings. The van der Waals surface area contributed by atoms with Crippen molar-refractivity contribution in [3.8, 4) is 0 Å². The van der Waals surface area contributed by atoms with Crippen LogP contribution in [0.2, 0.25) is 10.0 Å². The van der Waals surface area contributed by atoms with Crippen LogP contribution in [0.25, 0.3) is 0 Å². The maximum Gasteiger partial charge on any atom is 0.416 e. The van der Waals surface area contributed by atoms with Crippen LogP contribution in [0.5, 0.6) is 0 Å². The van der Waals surface area contributed by atoms with Gasteiger partial charge in [0.15, 0.2) is 5.82 Å². The maximum absolute atomic E-state index is 12.9. The Bertz CT molecular complexity index is 958. The number of alkyl halides is 3. The van der Waals surface area contributed by atoms with Gasteiger partial charge in [0.05, 0.1) is 23.6 Å². The molecule has 27 heavy (non-hydrogen) atoms. The molecule has 0 spiro atoms. The first-order chi connectivity index (χ1) is 12.7. The molecule has 0 aliphatic rings. The first-order valence-corrected chi connectivity index (χ1v) is 8.35. The van der Waals surface area contributed by atoms with Crippen LogP contribution in [0.15, 0.2) is 36.8 Å². The van der Waals surface area contributed by atoms with Gasteiger partial charge >= 0.3 is 6.18 Å². The second-order valence-electron chi connectivity index (χ2n) is 5.58. The highest BCUT2D eigenvalue weighted by atomic mass is 35.5. The number of hydrogen-bond acceptors (Lipinski definition) is 5.